The highest BCUT2D eigenvalue weighted by atomic mass is 16.5. The predicted molar refractivity (Wildman–Crippen MR) is 116 cm³/mol. The zero-order valence-electron chi connectivity index (χ0n) is 16.9. The molecular formula is C22H26N6O. The summed E-state index contributed by atoms with van der Waals surface area (Å²) in [7, 11) is 1.71. The van der Waals surface area contributed by atoms with Gasteiger partial charge < -0.3 is 19.9 Å². The second-order valence-electron chi connectivity index (χ2n) is 6.96. The van der Waals surface area contributed by atoms with Crippen molar-refractivity contribution >= 4 is 23.1 Å². The lowest BCUT2D eigenvalue weighted by atomic mass is 10.1. The van der Waals surface area contributed by atoms with Crippen LogP contribution in [0.25, 0.3) is 0 Å². The first kappa shape index (κ1) is 19.0. The van der Waals surface area contributed by atoms with E-state index in [4.69, 9.17) is 4.74 Å². The number of anilines is 4. The van der Waals surface area contributed by atoms with Gasteiger partial charge in [-0.15, -0.1) is 5.10 Å². The van der Waals surface area contributed by atoms with Crippen LogP contribution in [0.3, 0.4) is 0 Å². The molecule has 4 rings (SSSR count). The first-order chi connectivity index (χ1) is 14.3. The first-order valence-corrected chi connectivity index (χ1v) is 9.95. The van der Waals surface area contributed by atoms with E-state index in [0.717, 1.165) is 55.5 Å². The average molecular weight is 390 g/mol. The fourth-order valence-electron chi connectivity index (χ4n) is 3.52. The van der Waals surface area contributed by atoms with Crippen LogP contribution in [0.15, 0.2) is 54.7 Å². The van der Waals surface area contributed by atoms with Gasteiger partial charge in [0.05, 0.1) is 19.0 Å². The third-order valence-electron chi connectivity index (χ3n) is 5.19. The van der Waals surface area contributed by atoms with Gasteiger partial charge in [-0.05, 0) is 36.2 Å². The number of ether oxygens (including phenoxy) is 1. The Morgan fingerprint density at radius 1 is 0.966 bits per heavy atom. The van der Waals surface area contributed by atoms with Gasteiger partial charge in [-0.3, -0.25) is 0 Å². The first-order valence-electron chi connectivity index (χ1n) is 9.95. The van der Waals surface area contributed by atoms with Gasteiger partial charge in [0.15, 0.2) is 5.82 Å². The van der Waals surface area contributed by atoms with Gasteiger partial charge in [-0.2, -0.15) is 10.1 Å². The number of piperazine rings is 1. The molecule has 1 N–H and O–H groups in total. The lowest BCUT2D eigenvalue weighted by Gasteiger charge is -2.37. The van der Waals surface area contributed by atoms with E-state index in [0.29, 0.717) is 5.95 Å². The van der Waals surface area contributed by atoms with Crippen LogP contribution >= 0.6 is 0 Å². The molecule has 1 fully saturated rings. The van der Waals surface area contributed by atoms with Crippen LogP contribution in [0.2, 0.25) is 0 Å². The Hall–Kier alpha value is -3.35. The van der Waals surface area contributed by atoms with Gasteiger partial charge in [-0.1, -0.05) is 31.2 Å². The van der Waals surface area contributed by atoms with Crippen LogP contribution in [-0.2, 0) is 6.42 Å². The minimum absolute atomic E-state index is 0.513. The summed E-state index contributed by atoms with van der Waals surface area (Å²) >= 11 is 0. The summed E-state index contributed by atoms with van der Waals surface area (Å²) in [5.74, 6) is 2.26. The van der Waals surface area contributed by atoms with Gasteiger partial charge in [0.2, 0.25) is 5.95 Å². The molecule has 0 saturated carbocycles. The minimum Gasteiger partial charge on any atom is -0.495 e. The molecule has 0 aliphatic carbocycles. The van der Waals surface area contributed by atoms with Crippen LogP contribution in [-0.4, -0.2) is 48.5 Å². The fourth-order valence-corrected chi connectivity index (χ4v) is 3.52. The lowest BCUT2D eigenvalue weighted by molar-refractivity contribution is 0.413. The van der Waals surface area contributed by atoms with Crippen LogP contribution in [0, 0.1) is 0 Å². The molecule has 0 spiro atoms. The highest BCUT2D eigenvalue weighted by Crippen LogP contribution is 2.29. The van der Waals surface area contributed by atoms with Gasteiger partial charge in [0, 0.05) is 31.9 Å². The van der Waals surface area contributed by atoms with Crippen molar-refractivity contribution < 1.29 is 4.74 Å². The Bertz CT molecular complexity index is 938. The number of nitrogens with one attached hydrogen (secondary N) is 1. The van der Waals surface area contributed by atoms with Crippen LogP contribution in [0.1, 0.15) is 12.5 Å². The van der Waals surface area contributed by atoms with Crippen molar-refractivity contribution in [1.82, 2.24) is 15.2 Å². The number of aryl methyl sites for hydroxylation is 1. The van der Waals surface area contributed by atoms with Crippen molar-refractivity contribution in [2.45, 2.75) is 13.3 Å². The van der Waals surface area contributed by atoms with E-state index in [1.807, 2.05) is 30.3 Å². The highest BCUT2D eigenvalue weighted by Gasteiger charge is 2.21. The number of hydrogen-bond donors (Lipinski definition) is 1. The molecule has 1 aliphatic rings. The van der Waals surface area contributed by atoms with E-state index in [1.165, 1.54) is 5.56 Å². The molecule has 0 atom stereocenters. The van der Waals surface area contributed by atoms with E-state index in [2.05, 4.69) is 55.4 Å². The van der Waals surface area contributed by atoms with Gasteiger partial charge in [0.1, 0.15) is 5.75 Å². The Kier molecular flexibility index (Phi) is 5.74. The molecule has 2 heterocycles. The fraction of sp³-hybridized carbons (Fsp3) is 0.318. The summed E-state index contributed by atoms with van der Waals surface area (Å²) in [5, 5.41) is 11.5. The number of para-hydroxylation sites is 2. The van der Waals surface area contributed by atoms with Crippen molar-refractivity contribution in [2.24, 2.45) is 0 Å². The summed E-state index contributed by atoms with van der Waals surface area (Å²) in [6, 6.07) is 16.4. The molecule has 0 bridgehead atoms. The van der Waals surface area contributed by atoms with E-state index in [9.17, 15) is 0 Å². The van der Waals surface area contributed by atoms with E-state index in [-0.39, 0.29) is 0 Å². The number of benzene rings is 2. The van der Waals surface area contributed by atoms with Crippen LogP contribution in [0.5, 0.6) is 5.75 Å². The summed E-state index contributed by atoms with van der Waals surface area (Å²) in [5.41, 5.74) is 3.40. The number of rotatable bonds is 6. The largest absolute Gasteiger partial charge is 0.495 e. The summed E-state index contributed by atoms with van der Waals surface area (Å²) in [6.45, 7) is 5.66. The number of methoxy groups -OCH3 is 1. The number of hydrogen-bond acceptors (Lipinski definition) is 7. The summed E-state index contributed by atoms with van der Waals surface area (Å²) in [6.07, 6.45) is 2.75. The number of aromatic nitrogens is 3. The summed E-state index contributed by atoms with van der Waals surface area (Å²) < 4.78 is 5.50. The molecule has 1 aromatic heterocycles. The van der Waals surface area contributed by atoms with Crippen molar-refractivity contribution in [1.29, 1.82) is 0 Å². The maximum Gasteiger partial charge on any atom is 0.249 e. The van der Waals surface area contributed by atoms with E-state index >= 15 is 0 Å². The van der Waals surface area contributed by atoms with Crippen molar-refractivity contribution in [3.8, 4) is 5.75 Å². The average Bonchev–Trinajstić information content (AvgIpc) is 2.80. The third-order valence-corrected chi connectivity index (χ3v) is 5.19. The summed E-state index contributed by atoms with van der Waals surface area (Å²) in [4.78, 5) is 9.25. The monoisotopic (exact) mass is 390 g/mol. The molecule has 1 saturated heterocycles. The molecular weight excluding hydrogens is 364 g/mol. The molecule has 0 amide bonds. The van der Waals surface area contributed by atoms with Crippen molar-refractivity contribution in [2.75, 3.05) is 48.4 Å². The number of nitrogens with zero attached hydrogens (tertiary/aromatic N) is 5. The Morgan fingerprint density at radius 2 is 1.69 bits per heavy atom. The molecule has 150 valence electrons. The highest BCUT2D eigenvalue weighted by molar-refractivity contribution is 5.60. The van der Waals surface area contributed by atoms with E-state index < -0.39 is 0 Å². The van der Waals surface area contributed by atoms with Gasteiger partial charge in [0.25, 0.3) is 0 Å². The SMILES string of the molecule is CCc1ccc(Nc2nncc(N3CCN(c4ccccc4OC)CC3)n2)cc1. The Labute approximate surface area is 171 Å². The smallest absolute Gasteiger partial charge is 0.249 e. The molecule has 0 radical (unpaired) electrons. The maximum absolute atomic E-state index is 5.50. The zero-order valence-corrected chi connectivity index (χ0v) is 16.9. The van der Waals surface area contributed by atoms with E-state index in [1.54, 1.807) is 13.3 Å². The molecule has 2 aromatic carbocycles. The zero-order chi connectivity index (χ0) is 20.1. The molecule has 1 aliphatic heterocycles. The van der Waals surface area contributed by atoms with Crippen molar-refractivity contribution in [3.05, 3.63) is 60.3 Å². The molecule has 7 heteroatoms. The topological polar surface area (TPSA) is 66.4 Å². The second kappa shape index (κ2) is 8.77. The molecule has 7 nitrogen and oxygen atoms in total. The molecule has 0 unspecified atom stereocenters. The normalized spacial score (nSPS) is 14.0. The van der Waals surface area contributed by atoms with Gasteiger partial charge >= 0.3 is 0 Å². The minimum atomic E-state index is 0.513. The molecule has 3 aromatic rings. The van der Waals surface area contributed by atoms with Crippen LogP contribution in [0.4, 0.5) is 23.1 Å². The Morgan fingerprint density at radius 3 is 2.41 bits per heavy atom. The van der Waals surface area contributed by atoms with Crippen molar-refractivity contribution in [3.63, 3.8) is 0 Å². The quantitative estimate of drug-likeness (QED) is 0.691. The molecule has 29 heavy (non-hydrogen) atoms. The van der Waals surface area contributed by atoms with Crippen LogP contribution < -0.4 is 19.9 Å². The third kappa shape index (κ3) is 4.39. The maximum atomic E-state index is 5.50. The predicted octanol–water partition coefficient (Wildman–Crippen LogP) is 3.51. The van der Waals surface area contributed by atoms with Gasteiger partial charge in [-0.25, -0.2) is 0 Å². The Balaban J connectivity index is 1.41. The lowest BCUT2D eigenvalue weighted by Crippen LogP contribution is -2.47. The standard InChI is InChI=1S/C22H26N6O/c1-3-17-8-10-18(11-9-17)24-22-25-21(16-23-26-22)28-14-12-27(13-15-28)19-6-4-5-7-20(19)29-2/h4-11,16H,3,12-15H2,1-2H3,(H,24,25,26). The second-order valence-corrected chi connectivity index (χ2v) is 6.96.